The Morgan fingerprint density at radius 1 is 0.300 bits per heavy atom. The van der Waals surface area contributed by atoms with E-state index in [-0.39, 0.29) is 0 Å². The van der Waals surface area contributed by atoms with E-state index in [1.165, 1.54) is 44.2 Å². The summed E-state index contributed by atoms with van der Waals surface area (Å²) in [5.74, 6) is 3.68. The van der Waals surface area contributed by atoms with Crippen molar-refractivity contribution in [3.8, 4) is 79.0 Å². The summed E-state index contributed by atoms with van der Waals surface area (Å²) in [5, 5.41) is 2.46. The van der Waals surface area contributed by atoms with E-state index in [0.29, 0.717) is 17.5 Å². The molecule has 0 atom stereocenters. The first-order chi connectivity index (χ1) is 29.7. The number of hydrogen-bond acceptors (Lipinski definition) is 4. The summed E-state index contributed by atoms with van der Waals surface area (Å²) in [7, 11) is 0. The van der Waals surface area contributed by atoms with Crippen LogP contribution in [0.25, 0.3) is 78.3 Å². The molecule has 0 saturated carbocycles. The summed E-state index contributed by atoms with van der Waals surface area (Å²) in [6.07, 6.45) is 0. The van der Waals surface area contributed by atoms with Crippen molar-refractivity contribution in [1.82, 2.24) is 15.0 Å². The van der Waals surface area contributed by atoms with E-state index in [9.17, 15) is 0 Å². The molecule has 60 heavy (non-hydrogen) atoms. The van der Waals surface area contributed by atoms with Crippen molar-refractivity contribution in [1.29, 1.82) is 0 Å². The summed E-state index contributed by atoms with van der Waals surface area (Å²) < 4.78 is 6.56. The average Bonchev–Trinajstić information content (AvgIpc) is 3.62. The molecular formula is C56H35N3O. The molecule has 0 saturated heterocycles. The van der Waals surface area contributed by atoms with Gasteiger partial charge in [-0.3, -0.25) is 0 Å². The fraction of sp³-hybridized carbons (Fsp3) is 0.0179. The van der Waals surface area contributed by atoms with Crippen molar-refractivity contribution < 1.29 is 4.74 Å². The molecule has 0 radical (unpaired) electrons. The average molecular weight is 766 g/mol. The molecule has 2 heterocycles. The Hall–Kier alpha value is -7.95. The molecular weight excluding hydrogens is 731 g/mol. The molecule has 1 spiro atoms. The zero-order chi connectivity index (χ0) is 39.6. The van der Waals surface area contributed by atoms with Crippen LogP contribution in [0, 0.1) is 0 Å². The first-order valence-electron chi connectivity index (χ1n) is 20.3. The van der Waals surface area contributed by atoms with Gasteiger partial charge in [-0.15, -0.1) is 0 Å². The topological polar surface area (TPSA) is 47.9 Å². The second-order valence-electron chi connectivity index (χ2n) is 15.5. The maximum Gasteiger partial charge on any atom is 0.164 e. The largest absolute Gasteiger partial charge is 0.457 e. The van der Waals surface area contributed by atoms with Crippen LogP contribution < -0.4 is 4.74 Å². The SMILES string of the molecule is c1ccc(-c2nc(-c3ccc(-c4ccc5ccccc5c4)cc3)nc(-c3ccc(-c4cccc5c4-c4ccccc4C54c5ccccc5Oc5ccccc54)cc3)n2)cc1. The molecule has 4 nitrogen and oxygen atoms in total. The fourth-order valence-corrected chi connectivity index (χ4v) is 9.47. The third-order valence-electron chi connectivity index (χ3n) is 12.2. The van der Waals surface area contributed by atoms with Gasteiger partial charge in [0, 0.05) is 27.8 Å². The third kappa shape index (κ3) is 5.28. The first kappa shape index (κ1) is 34.1. The molecule has 0 unspecified atom stereocenters. The lowest BCUT2D eigenvalue weighted by Gasteiger charge is -2.39. The lowest BCUT2D eigenvalue weighted by atomic mass is 9.66. The van der Waals surface area contributed by atoms with E-state index >= 15 is 0 Å². The molecule has 0 bridgehead atoms. The van der Waals surface area contributed by atoms with Crippen LogP contribution in [0.1, 0.15) is 22.3 Å². The number of benzene rings is 9. The molecule has 1 aromatic heterocycles. The Kier molecular flexibility index (Phi) is 7.72. The molecule has 0 amide bonds. The highest BCUT2D eigenvalue weighted by Crippen LogP contribution is 2.63. The van der Waals surface area contributed by atoms with E-state index in [4.69, 9.17) is 19.7 Å². The van der Waals surface area contributed by atoms with Crippen molar-refractivity contribution >= 4 is 10.8 Å². The summed E-state index contributed by atoms with van der Waals surface area (Å²) in [5.41, 5.74) is 14.2. The van der Waals surface area contributed by atoms with E-state index in [0.717, 1.165) is 50.4 Å². The molecule has 1 aliphatic carbocycles. The van der Waals surface area contributed by atoms with E-state index in [2.05, 4.69) is 182 Å². The second-order valence-corrected chi connectivity index (χ2v) is 15.5. The van der Waals surface area contributed by atoms with Crippen LogP contribution in [0.4, 0.5) is 0 Å². The third-order valence-corrected chi connectivity index (χ3v) is 12.2. The minimum atomic E-state index is -0.518. The minimum Gasteiger partial charge on any atom is -0.457 e. The number of aromatic nitrogens is 3. The standard InChI is InChI=1S/C56H35N3O/c1-2-14-39(15-3-1)53-57-54(40-30-25-37(26-31-40)43-34-27-36-13-4-5-16-42(36)35-43)59-55(58-53)41-32-28-38(29-33-41)44-18-12-22-49-52(44)45-17-6-7-19-46(45)56(49)47-20-8-10-23-50(47)60-51-24-11-9-21-48(51)56/h1-35H. The zero-order valence-corrected chi connectivity index (χ0v) is 32.5. The lowest BCUT2D eigenvalue weighted by molar-refractivity contribution is 0.436. The summed E-state index contributed by atoms with van der Waals surface area (Å²) in [6, 6.07) is 75.0. The van der Waals surface area contributed by atoms with Crippen LogP contribution in [0.2, 0.25) is 0 Å². The summed E-state index contributed by atoms with van der Waals surface area (Å²) in [6.45, 7) is 0. The van der Waals surface area contributed by atoms with Crippen molar-refractivity contribution in [2.45, 2.75) is 5.41 Å². The lowest BCUT2D eigenvalue weighted by Crippen LogP contribution is -2.32. The van der Waals surface area contributed by atoms with Gasteiger partial charge in [-0.2, -0.15) is 0 Å². The Bertz CT molecular complexity index is 3240. The predicted octanol–water partition coefficient (Wildman–Crippen LogP) is 13.8. The highest BCUT2D eigenvalue weighted by Gasteiger charge is 2.51. The van der Waals surface area contributed by atoms with Gasteiger partial charge in [0.2, 0.25) is 0 Å². The molecule has 9 aromatic carbocycles. The van der Waals surface area contributed by atoms with Gasteiger partial charge in [0.15, 0.2) is 17.5 Å². The van der Waals surface area contributed by atoms with Crippen LogP contribution in [0.3, 0.4) is 0 Å². The van der Waals surface area contributed by atoms with E-state index in [1.807, 2.05) is 30.3 Å². The van der Waals surface area contributed by atoms with Gasteiger partial charge in [0.1, 0.15) is 11.5 Å². The number of nitrogens with zero attached hydrogens (tertiary/aromatic N) is 3. The second kappa shape index (κ2) is 13.6. The predicted molar refractivity (Wildman–Crippen MR) is 242 cm³/mol. The minimum absolute atomic E-state index is 0.518. The first-order valence-corrected chi connectivity index (χ1v) is 20.3. The van der Waals surface area contributed by atoms with Crippen molar-refractivity contribution in [3.63, 3.8) is 0 Å². The molecule has 280 valence electrons. The Labute approximate surface area is 348 Å². The molecule has 0 fully saturated rings. The van der Waals surface area contributed by atoms with Gasteiger partial charge in [-0.25, -0.2) is 15.0 Å². The normalized spacial score (nSPS) is 12.9. The molecule has 2 aliphatic rings. The van der Waals surface area contributed by atoms with Crippen LogP contribution in [-0.2, 0) is 5.41 Å². The maximum absolute atomic E-state index is 6.56. The number of ether oxygens (including phenoxy) is 1. The van der Waals surface area contributed by atoms with Crippen molar-refractivity contribution in [3.05, 3.63) is 235 Å². The van der Waals surface area contributed by atoms with Gasteiger partial charge in [-0.1, -0.05) is 194 Å². The molecule has 4 heteroatoms. The molecule has 12 rings (SSSR count). The highest BCUT2D eigenvalue weighted by atomic mass is 16.5. The van der Waals surface area contributed by atoms with Gasteiger partial charge < -0.3 is 4.74 Å². The zero-order valence-electron chi connectivity index (χ0n) is 32.5. The van der Waals surface area contributed by atoms with Crippen LogP contribution >= 0.6 is 0 Å². The number of hydrogen-bond donors (Lipinski definition) is 0. The number of fused-ring (bicyclic) bond motifs is 10. The van der Waals surface area contributed by atoms with Gasteiger partial charge >= 0.3 is 0 Å². The highest BCUT2D eigenvalue weighted by molar-refractivity contribution is 5.97. The number of rotatable bonds is 5. The van der Waals surface area contributed by atoms with E-state index in [1.54, 1.807) is 0 Å². The monoisotopic (exact) mass is 765 g/mol. The fourth-order valence-electron chi connectivity index (χ4n) is 9.47. The number of para-hydroxylation sites is 2. The smallest absolute Gasteiger partial charge is 0.164 e. The summed E-state index contributed by atoms with van der Waals surface area (Å²) in [4.78, 5) is 15.2. The van der Waals surface area contributed by atoms with Crippen molar-refractivity contribution in [2.75, 3.05) is 0 Å². The molecule has 10 aromatic rings. The van der Waals surface area contributed by atoms with Gasteiger partial charge in [-0.05, 0) is 73.5 Å². The van der Waals surface area contributed by atoms with Gasteiger partial charge in [0.25, 0.3) is 0 Å². The Morgan fingerprint density at radius 2 is 0.767 bits per heavy atom. The maximum atomic E-state index is 6.56. The molecule has 0 N–H and O–H groups in total. The van der Waals surface area contributed by atoms with E-state index < -0.39 is 5.41 Å². The Balaban J connectivity index is 0.957. The van der Waals surface area contributed by atoms with Crippen molar-refractivity contribution in [2.24, 2.45) is 0 Å². The van der Waals surface area contributed by atoms with Crippen LogP contribution in [0.15, 0.2) is 212 Å². The van der Waals surface area contributed by atoms with Crippen LogP contribution in [0.5, 0.6) is 11.5 Å². The summed E-state index contributed by atoms with van der Waals surface area (Å²) >= 11 is 0. The quantitative estimate of drug-likeness (QED) is 0.175. The van der Waals surface area contributed by atoms with Gasteiger partial charge in [0.05, 0.1) is 5.41 Å². The Morgan fingerprint density at radius 3 is 1.43 bits per heavy atom. The van der Waals surface area contributed by atoms with Crippen LogP contribution in [-0.4, -0.2) is 15.0 Å². The molecule has 1 aliphatic heterocycles.